The molecule has 0 aliphatic carbocycles. The maximum Gasteiger partial charge on any atom is 0.337 e. The molecule has 1 atom stereocenters. The van der Waals surface area contributed by atoms with E-state index >= 15 is 4.39 Å². The second kappa shape index (κ2) is 10.6. The number of halogens is 1. The number of rotatable bonds is 7. The van der Waals surface area contributed by atoms with Gasteiger partial charge in [-0.2, -0.15) is 0 Å². The number of aliphatic carboxylic acids is 1. The zero-order valence-electron chi connectivity index (χ0n) is 25.0. The van der Waals surface area contributed by atoms with Gasteiger partial charge in [0.1, 0.15) is 18.2 Å². The third-order valence-electron chi connectivity index (χ3n) is 8.46. The van der Waals surface area contributed by atoms with Gasteiger partial charge in [0.2, 0.25) is 10.0 Å². The van der Waals surface area contributed by atoms with Crippen LogP contribution in [0.5, 0.6) is 5.75 Å². The Kier molecular flexibility index (Phi) is 7.52. The highest BCUT2D eigenvalue weighted by Gasteiger charge is 2.40. The number of fused-ring (bicyclic) bond motifs is 4. The van der Waals surface area contributed by atoms with Crippen molar-refractivity contribution in [3.05, 3.63) is 64.0 Å². The van der Waals surface area contributed by atoms with Crippen LogP contribution in [0.4, 0.5) is 15.8 Å². The number of benzene rings is 3. The van der Waals surface area contributed by atoms with Crippen LogP contribution < -0.4 is 14.4 Å². The predicted octanol–water partition coefficient (Wildman–Crippen LogP) is 6.50. The lowest BCUT2D eigenvalue weighted by molar-refractivity contribution is -0.162. The Morgan fingerprint density at radius 2 is 1.83 bits per heavy atom. The molecule has 0 bridgehead atoms. The molecule has 224 valence electrons. The molecule has 0 aromatic heterocycles. The van der Waals surface area contributed by atoms with Crippen LogP contribution in [0, 0.1) is 26.6 Å². The van der Waals surface area contributed by atoms with Crippen LogP contribution in [0.15, 0.2) is 30.3 Å². The molecule has 0 spiro atoms. The van der Waals surface area contributed by atoms with Gasteiger partial charge in [-0.3, -0.25) is 4.31 Å². The van der Waals surface area contributed by atoms with Gasteiger partial charge in [-0.15, -0.1) is 0 Å². The highest BCUT2D eigenvalue weighted by molar-refractivity contribution is 7.92. The highest BCUT2D eigenvalue weighted by atomic mass is 32.2. The summed E-state index contributed by atoms with van der Waals surface area (Å²) >= 11 is 0. The zero-order chi connectivity index (χ0) is 30.7. The topological polar surface area (TPSA) is 105 Å². The molecule has 42 heavy (non-hydrogen) atoms. The average molecular weight is 597 g/mol. The largest absolute Gasteiger partial charge is 0.490 e. The molecule has 0 saturated carbocycles. The summed E-state index contributed by atoms with van der Waals surface area (Å²) in [5.41, 5.74) is 4.99. The van der Waals surface area contributed by atoms with Gasteiger partial charge in [0, 0.05) is 23.2 Å². The van der Waals surface area contributed by atoms with E-state index in [1.165, 1.54) is 10.4 Å². The first-order valence-corrected chi connectivity index (χ1v) is 15.9. The highest BCUT2D eigenvalue weighted by Crippen LogP contribution is 2.53. The van der Waals surface area contributed by atoms with E-state index in [2.05, 4.69) is 5.32 Å². The SMILES string of the molecule is CCC(C)(C)O[C@H](C(=O)O)c1c(C)c2c(c(C)c1-c1ccc3c(c1C)NCCO3)-c1c(F)cccc1CN2S(C)(=O)=O. The second-order valence-electron chi connectivity index (χ2n) is 11.6. The number of anilines is 2. The van der Waals surface area contributed by atoms with E-state index in [1.807, 2.05) is 39.8 Å². The van der Waals surface area contributed by atoms with Crippen molar-refractivity contribution in [3.63, 3.8) is 0 Å². The van der Waals surface area contributed by atoms with Crippen molar-refractivity contribution in [2.24, 2.45) is 0 Å². The van der Waals surface area contributed by atoms with Gasteiger partial charge in [0.25, 0.3) is 0 Å². The minimum Gasteiger partial charge on any atom is -0.490 e. The van der Waals surface area contributed by atoms with Gasteiger partial charge in [-0.05, 0) is 86.6 Å². The van der Waals surface area contributed by atoms with Crippen molar-refractivity contribution in [1.82, 2.24) is 0 Å². The lowest BCUT2D eigenvalue weighted by Gasteiger charge is -2.38. The Morgan fingerprint density at radius 3 is 2.48 bits per heavy atom. The van der Waals surface area contributed by atoms with E-state index in [1.54, 1.807) is 26.0 Å². The van der Waals surface area contributed by atoms with Crippen LogP contribution in [-0.4, -0.2) is 44.5 Å². The van der Waals surface area contributed by atoms with Gasteiger partial charge in [0.15, 0.2) is 6.10 Å². The summed E-state index contributed by atoms with van der Waals surface area (Å²) in [6, 6.07) is 8.37. The molecular weight excluding hydrogens is 559 g/mol. The van der Waals surface area contributed by atoms with E-state index in [0.717, 1.165) is 23.1 Å². The van der Waals surface area contributed by atoms with Crippen LogP contribution in [-0.2, 0) is 26.1 Å². The first-order chi connectivity index (χ1) is 19.7. The van der Waals surface area contributed by atoms with Crippen molar-refractivity contribution in [2.75, 3.05) is 29.0 Å². The molecule has 0 radical (unpaired) electrons. The molecule has 2 heterocycles. The van der Waals surface area contributed by atoms with Gasteiger partial charge >= 0.3 is 5.97 Å². The summed E-state index contributed by atoms with van der Waals surface area (Å²) in [5, 5.41) is 14.0. The number of carboxylic acid groups (broad SMARTS) is 1. The minimum atomic E-state index is -3.84. The third kappa shape index (κ3) is 4.90. The van der Waals surface area contributed by atoms with Crippen LogP contribution in [0.1, 0.15) is 61.1 Å². The van der Waals surface area contributed by atoms with Crippen LogP contribution in [0.3, 0.4) is 0 Å². The maximum absolute atomic E-state index is 15.7. The van der Waals surface area contributed by atoms with Crippen molar-refractivity contribution >= 4 is 27.4 Å². The Bertz CT molecular complexity index is 1720. The van der Waals surface area contributed by atoms with Crippen LogP contribution >= 0.6 is 0 Å². The molecule has 0 amide bonds. The molecule has 0 fully saturated rings. The smallest absolute Gasteiger partial charge is 0.337 e. The van der Waals surface area contributed by atoms with Crippen molar-refractivity contribution in [2.45, 2.75) is 66.2 Å². The number of nitrogens with one attached hydrogen (secondary N) is 1. The summed E-state index contributed by atoms with van der Waals surface area (Å²) in [7, 11) is -3.84. The number of carbonyl (C=O) groups is 1. The van der Waals surface area contributed by atoms with Crippen molar-refractivity contribution < 1.29 is 32.2 Å². The summed E-state index contributed by atoms with van der Waals surface area (Å²) in [4.78, 5) is 13.0. The van der Waals surface area contributed by atoms with E-state index < -0.39 is 33.5 Å². The number of hydrogen-bond donors (Lipinski definition) is 2. The Labute approximate surface area is 246 Å². The van der Waals surface area contributed by atoms with Gasteiger partial charge in [0.05, 0.1) is 29.8 Å². The molecule has 2 aliphatic rings. The first-order valence-electron chi connectivity index (χ1n) is 14.0. The maximum atomic E-state index is 15.7. The molecular formula is C32H37FN2O6S. The molecule has 2 N–H and O–H groups in total. The van der Waals surface area contributed by atoms with Gasteiger partial charge in [-0.1, -0.05) is 25.1 Å². The fourth-order valence-corrected chi connectivity index (χ4v) is 7.00. The summed E-state index contributed by atoms with van der Waals surface area (Å²) in [6.45, 7) is 12.0. The fraction of sp³-hybridized carbons (Fsp3) is 0.406. The quantitative estimate of drug-likeness (QED) is 0.321. The monoisotopic (exact) mass is 596 g/mol. The van der Waals surface area contributed by atoms with Crippen molar-refractivity contribution in [3.8, 4) is 28.0 Å². The van der Waals surface area contributed by atoms with Crippen LogP contribution in [0.25, 0.3) is 22.3 Å². The van der Waals surface area contributed by atoms with E-state index in [0.29, 0.717) is 64.3 Å². The number of nitrogens with zero attached hydrogens (tertiary/aromatic N) is 1. The molecule has 8 nitrogen and oxygen atoms in total. The summed E-state index contributed by atoms with van der Waals surface area (Å²) < 4.78 is 55.5. The lowest BCUT2D eigenvalue weighted by atomic mass is 9.79. The van der Waals surface area contributed by atoms with Crippen molar-refractivity contribution in [1.29, 1.82) is 0 Å². The molecule has 0 unspecified atom stereocenters. The number of ether oxygens (including phenoxy) is 2. The van der Waals surface area contributed by atoms with Gasteiger partial charge in [-0.25, -0.2) is 17.6 Å². The molecule has 3 aromatic carbocycles. The predicted molar refractivity (Wildman–Crippen MR) is 162 cm³/mol. The Hall–Kier alpha value is -3.63. The zero-order valence-corrected chi connectivity index (χ0v) is 25.8. The molecule has 3 aromatic rings. The number of sulfonamides is 1. The number of hydrogen-bond acceptors (Lipinski definition) is 6. The van der Waals surface area contributed by atoms with Gasteiger partial charge < -0.3 is 19.9 Å². The molecule has 10 heteroatoms. The average Bonchev–Trinajstić information content (AvgIpc) is 2.93. The second-order valence-corrected chi connectivity index (χ2v) is 13.5. The summed E-state index contributed by atoms with van der Waals surface area (Å²) in [6.07, 6.45) is 0.220. The minimum absolute atomic E-state index is 0.0732. The van der Waals surface area contributed by atoms with E-state index in [9.17, 15) is 18.3 Å². The number of carboxylic acids is 1. The standard InChI is InChI=1S/C32H37FN2O6S/c1-8-32(5,6)41-30(31(36)37)26-19(4)29-25(27-20(10-9-11-22(27)33)16-35(29)42(7,38)39)18(3)24(26)21-12-13-23-28(17(21)2)34-14-15-40-23/h9-13,30,34H,8,14-16H2,1-7H3,(H,36,37)/t30-/m0/s1. The lowest BCUT2D eigenvalue weighted by Crippen LogP contribution is -2.35. The Morgan fingerprint density at radius 1 is 1.12 bits per heavy atom. The third-order valence-corrected chi connectivity index (χ3v) is 9.57. The van der Waals surface area contributed by atoms with Crippen LogP contribution in [0.2, 0.25) is 0 Å². The van der Waals surface area contributed by atoms with E-state index in [-0.39, 0.29) is 12.2 Å². The Balaban J connectivity index is 1.97. The molecule has 0 saturated heterocycles. The van der Waals surface area contributed by atoms with E-state index in [4.69, 9.17) is 9.47 Å². The first kappa shape index (κ1) is 29.8. The normalized spacial score (nSPS) is 15.2. The fourth-order valence-electron chi connectivity index (χ4n) is 6.07. The molecule has 2 aliphatic heterocycles. The summed E-state index contributed by atoms with van der Waals surface area (Å²) in [5.74, 6) is -0.988. The molecule has 5 rings (SSSR count).